The first-order chi connectivity index (χ1) is 12.5. The molecule has 0 heterocycles. The highest BCUT2D eigenvalue weighted by atomic mass is 16.6. The van der Waals surface area contributed by atoms with Gasteiger partial charge in [0.05, 0.1) is 36.3 Å². The minimum Gasteiger partial charge on any atom is -0.463 e. The third-order valence-electron chi connectivity index (χ3n) is 4.73. The lowest BCUT2D eigenvalue weighted by molar-refractivity contribution is -0.164. The van der Waals surface area contributed by atoms with Gasteiger partial charge >= 0.3 is 11.9 Å². The maximum absolute atomic E-state index is 12.6. The van der Waals surface area contributed by atoms with Crippen molar-refractivity contribution in [2.75, 3.05) is 26.4 Å². The van der Waals surface area contributed by atoms with E-state index in [0.717, 1.165) is 6.42 Å². The summed E-state index contributed by atoms with van der Waals surface area (Å²) in [6.07, 6.45) is 4.85. The summed E-state index contributed by atoms with van der Waals surface area (Å²) in [4.78, 5) is 25.2. The molecule has 2 aliphatic carbocycles. The molecule has 0 N–H and O–H groups in total. The molecule has 0 radical (unpaired) electrons. The molecule has 4 unspecified atom stereocenters. The maximum Gasteiger partial charge on any atom is 0.310 e. The molecule has 0 spiro atoms. The monoisotopic (exact) mass is 382 g/mol. The Balaban J connectivity index is 1.84. The van der Waals surface area contributed by atoms with Crippen LogP contribution in [-0.2, 0) is 28.5 Å². The zero-order valence-electron chi connectivity index (χ0n) is 17.4. The van der Waals surface area contributed by atoms with Gasteiger partial charge in [-0.05, 0) is 59.8 Å². The number of esters is 2. The number of hydrogen-bond donors (Lipinski definition) is 0. The lowest BCUT2D eigenvalue weighted by atomic mass is 9.83. The molecule has 0 aromatic carbocycles. The summed E-state index contributed by atoms with van der Waals surface area (Å²) in [6.45, 7) is 12.8. The predicted octanol–water partition coefficient (Wildman–Crippen LogP) is 3.14. The summed E-state index contributed by atoms with van der Waals surface area (Å²) in [5.41, 5.74) is -0.550. The van der Waals surface area contributed by atoms with Crippen molar-refractivity contribution in [3.05, 3.63) is 12.2 Å². The van der Waals surface area contributed by atoms with Crippen LogP contribution in [0.1, 0.15) is 48.0 Å². The third kappa shape index (κ3) is 6.61. The summed E-state index contributed by atoms with van der Waals surface area (Å²) < 4.78 is 21.9. The Morgan fingerprint density at radius 2 is 1.11 bits per heavy atom. The quantitative estimate of drug-likeness (QED) is 0.365. The van der Waals surface area contributed by atoms with E-state index >= 15 is 0 Å². The second-order valence-electron chi connectivity index (χ2n) is 9.26. The first-order valence-electron chi connectivity index (χ1n) is 9.77. The fraction of sp³-hybridized carbons (Fsp3) is 0.810. The van der Waals surface area contributed by atoms with Crippen LogP contribution in [0.25, 0.3) is 0 Å². The molecule has 154 valence electrons. The van der Waals surface area contributed by atoms with E-state index in [2.05, 4.69) is 0 Å². The van der Waals surface area contributed by atoms with Gasteiger partial charge in [-0.1, -0.05) is 12.2 Å². The Kier molecular flexibility index (Phi) is 7.09. The fourth-order valence-electron chi connectivity index (χ4n) is 3.64. The second kappa shape index (κ2) is 8.74. The van der Waals surface area contributed by atoms with Crippen LogP contribution >= 0.6 is 0 Å². The summed E-state index contributed by atoms with van der Waals surface area (Å²) in [5.74, 6) is -1.50. The maximum atomic E-state index is 12.6. The van der Waals surface area contributed by atoms with E-state index in [1.54, 1.807) is 0 Å². The molecule has 0 aromatic rings. The molecule has 6 nitrogen and oxygen atoms in total. The van der Waals surface area contributed by atoms with Crippen LogP contribution in [0.15, 0.2) is 12.2 Å². The fourth-order valence-corrected chi connectivity index (χ4v) is 3.64. The number of ether oxygens (including phenoxy) is 4. The molecule has 27 heavy (non-hydrogen) atoms. The topological polar surface area (TPSA) is 71.1 Å². The van der Waals surface area contributed by atoms with Crippen LogP contribution in [0.4, 0.5) is 0 Å². The van der Waals surface area contributed by atoms with E-state index in [1.165, 1.54) is 0 Å². The minimum absolute atomic E-state index is 0.0504. The van der Waals surface area contributed by atoms with Crippen molar-refractivity contribution in [1.82, 2.24) is 0 Å². The van der Waals surface area contributed by atoms with E-state index in [9.17, 15) is 9.59 Å². The molecule has 4 atom stereocenters. The van der Waals surface area contributed by atoms with Gasteiger partial charge in [0, 0.05) is 0 Å². The van der Waals surface area contributed by atoms with Gasteiger partial charge in [0.1, 0.15) is 13.2 Å². The van der Waals surface area contributed by atoms with Crippen LogP contribution in [0.5, 0.6) is 0 Å². The predicted molar refractivity (Wildman–Crippen MR) is 101 cm³/mol. The molecule has 1 saturated carbocycles. The molecule has 0 aliphatic heterocycles. The largest absolute Gasteiger partial charge is 0.463 e. The number of carbonyl (C=O) groups excluding carboxylic acids is 2. The van der Waals surface area contributed by atoms with Crippen molar-refractivity contribution in [2.45, 2.75) is 59.2 Å². The van der Waals surface area contributed by atoms with Crippen LogP contribution in [0.2, 0.25) is 0 Å². The highest BCUT2D eigenvalue weighted by Gasteiger charge is 2.53. The Hall–Kier alpha value is -1.40. The Morgan fingerprint density at radius 3 is 1.44 bits per heavy atom. The Morgan fingerprint density at radius 1 is 0.741 bits per heavy atom. The molecule has 1 fully saturated rings. The van der Waals surface area contributed by atoms with Gasteiger partial charge in [0.15, 0.2) is 0 Å². The Labute approximate surface area is 162 Å². The molecule has 6 heteroatoms. The van der Waals surface area contributed by atoms with Crippen molar-refractivity contribution in [2.24, 2.45) is 23.7 Å². The van der Waals surface area contributed by atoms with Crippen LogP contribution in [0, 0.1) is 23.7 Å². The molecule has 2 rings (SSSR count). The van der Waals surface area contributed by atoms with E-state index in [-0.39, 0.29) is 48.2 Å². The SMILES string of the molecule is CC(C)(C)OCCOC(=O)C1C2C=CC(C2)C1C(=O)OCCOC(C)(C)C. The van der Waals surface area contributed by atoms with Gasteiger partial charge in [-0.3, -0.25) is 9.59 Å². The number of rotatable bonds is 8. The van der Waals surface area contributed by atoms with E-state index in [1.807, 2.05) is 53.7 Å². The van der Waals surface area contributed by atoms with Crippen molar-refractivity contribution < 1.29 is 28.5 Å². The van der Waals surface area contributed by atoms with Crippen molar-refractivity contribution in [1.29, 1.82) is 0 Å². The van der Waals surface area contributed by atoms with Gasteiger partial charge in [0.25, 0.3) is 0 Å². The summed E-state index contributed by atoms with van der Waals surface area (Å²) in [6, 6.07) is 0. The first kappa shape index (κ1) is 21.9. The Bertz CT molecular complexity index is 506. The van der Waals surface area contributed by atoms with Crippen LogP contribution < -0.4 is 0 Å². The highest BCUT2D eigenvalue weighted by molar-refractivity contribution is 5.84. The molecular formula is C21H34O6. The summed E-state index contributed by atoms with van der Waals surface area (Å²) in [7, 11) is 0. The van der Waals surface area contributed by atoms with Gasteiger partial charge in [-0.2, -0.15) is 0 Å². The van der Waals surface area contributed by atoms with Crippen molar-refractivity contribution in [3.63, 3.8) is 0 Å². The number of allylic oxidation sites excluding steroid dienone is 2. The normalized spacial score (nSPS) is 27.0. The zero-order valence-corrected chi connectivity index (χ0v) is 17.4. The minimum atomic E-state index is -0.467. The highest BCUT2D eigenvalue weighted by Crippen LogP contribution is 2.49. The van der Waals surface area contributed by atoms with Gasteiger partial charge < -0.3 is 18.9 Å². The zero-order chi connectivity index (χ0) is 20.2. The molecule has 0 saturated heterocycles. The van der Waals surface area contributed by atoms with Gasteiger partial charge in [0.2, 0.25) is 0 Å². The molecule has 0 aromatic heterocycles. The number of hydrogen-bond acceptors (Lipinski definition) is 6. The lowest BCUT2D eigenvalue weighted by Gasteiger charge is -2.26. The second-order valence-corrected chi connectivity index (χ2v) is 9.26. The summed E-state index contributed by atoms with van der Waals surface area (Å²) >= 11 is 0. The molecule has 0 amide bonds. The van der Waals surface area contributed by atoms with Gasteiger partial charge in [-0.15, -0.1) is 0 Å². The van der Waals surface area contributed by atoms with Gasteiger partial charge in [-0.25, -0.2) is 0 Å². The van der Waals surface area contributed by atoms with E-state index in [0.29, 0.717) is 13.2 Å². The molecule has 2 aliphatic rings. The number of carbonyl (C=O) groups is 2. The van der Waals surface area contributed by atoms with Crippen LogP contribution in [-0.4, -0.2) is 49.6 Å². The third-order valence-corrected chi connectivity index (χ3v) is 4.73. The lowest BCUT2D eigenvalue weighted by Crippen LogP contribution is -2.36. The molecule has 2 bridgehead atoms. The number of fused-ring (bicyclic) bond motifs is 2. The van der Waals surface area contributed by atoms with E-state index < -0.39 is 11.8 Å². The average molecular weight is 382 g/mol. The summed E-state index contributed by atoms with van der Waals surface area (Å²) in [5, 5.41) is 0. The average Bonchev–Trinajstić information content (AvgIpc) is 3.14. The smallest absolute Gasteiger partial charge is 0.310 e. The van der Waals surface area contributed by atoms with Crippen molar-refractivity contribution in [3.8, 4) is 0 Å². The van der Waals surface area contributed by atoms with Crippen molar-refractivity contribution >= 4 is 11.9 Å². The van der Waals surface area contributed by atoms with Crippen LogP contribution in [0.3, 0.4) is 0 Å². The first-order valence-corrected chi connectivity index (χ1v) is 9.77. The van der Waals surface area contributed by atoms with E-state index in [4.69, 9.17) is 18.9 Å². The standard InChI is InChI=1S/C21H34O6/c1-20(2,3)26-11-9-24-18(22)16-14-7-8-15(13-14)17(16)19(23)25-10-12-27-21(4,5)6/h7-8,14-17H,9-13H2,1-6H3. The molecular weight excluding hydrogens is 348 g/mol.